The second-order valence-corrected chi connectivity index (χ2v) is 4.86. The van der Waals surface area contributed by atoms with Gasteiger partial charge in [-0.25, -0.2) is 0 Å². The van der Waals surface area contributed by atoms with Crippen LogP contribution in [0.1, 0.15) is 26.7 Å². The van der Waals surface area contributed by atoms with E-state index in [2.05, 4.69) is 13.8 Å². The van der Waals surface area contributed by atoms with Gasteiger partial charge in [-0.05, 0) is 24.7 Å². The Bertz CT molecular complexity index is 171. The Balaban J connectivity index is 2.12. The van der Waals surface area contributed by atoms with E-state index in [0.717, 1.165) is 38.3 Å². The van der Waals surface area contributed by atoms with Crippen molar-refractivity contribution >= 4 is 0 Å². The van der Waals surface area contributed by atoms with E-state index in [1.54, 1.807) is 0 Å². The number of ether oxygens (including phenoxy) is 2. The number of rotatable bonds is 1. The van der Waals surface area contributed by atoms with E-state index in [0.29, 0.717) is 5.41 Å². The summed E-state index contributed by atoms with van der Waals surface area (Å²) < 4.78 is 11.1. The zero-order chi connectivity index (χ0) is 9.31. The van der Waals surface area contributed by atoms with Crippen LogP contribution < -0.4 is 0 Å². The molecule has 0 aromatic heterocycles. The Morgan fingerprint density at radius 3 is 2.46 bits per heavy atom. The van der Waals surface area contributed by atoms with Crippen LogP contribution >= 0.6 is 0 Å². The smallest absolute Gasteiger partial charge is 0.0548 e. The van der Waals surface area contributed by atoms with Gasteiger partial charge < -0.3 is 9.47 Å². The van der Waals surface area contributed by atoms with E-state index in [-0.39, 0.29) is 0 Å². The summed E-state index contributed by atoms with van der Waals surface area (Å²) in [7, 11) is 0. The van der Waals surface area contributed by atoms with E-state index in [9.17, 15) is 0 Å². The second-order valence-electron chi connectivity index (χ2n) is 4.86. The Morgan fingerprint density at radius 2 is 1.85 bits per heavy atom. The van der Waals surface area contributed by atoms with Gasteiger partial charge in [0.25, 0.3) is 0 Å². The van der Waals surface area contributed by atoms with Crippen molar-refractivity contribution in [2.75, 3.05) is 26.4 Å². The molecule has 2 aliphatic rings. The lowest BCUT2D eigenvalue weighted by molar-refractivity contribution is -0.0700. The van der Waals surface area contributed by atoms with Crippen molar-refractivity contribution in [3.63, 3.8) is 0 Å². The molecule has 0 aliphatic carbocycles. The maximum Gasteiger partial charge on any atom is 0.0548 e. The van der Waals surface area contributed by atoms with Gasteiger partial charge in [0.2, 0.25) is 0 Å². The Hall–Kier alpha value is -0.0800. The molecule has 2 unspecified atom stereocenters. The largest absolute Gasteiger partial charge is 0.381 e. The van der Waals surface area contributed by atoms with Crippen molar-refractivity contribution in [1.29, 1.82) is 0 Å². The SMILES string of the molecule is CC(C)C1CCOCC12CCOC2. The van der Waals surface area contributed by atoms with Gasteiger partial charge >= 0.3 is 0 Å². The van der Waals surface area contributed by atoms with E-state index >= 15 is 0 Å². The maximum atomic E-state index is 5.61. The Kier molecular flexibility index (Phi) is 2.61. The van der Waals surface area contributed by atoms with Crippen molar-refractivity contribution in [2.24, 2.45) is 17.3 Å². The molecule has 0 aromatic rings. The lowest BCUT2D eigenvalue weighted by atomic mass is 9.67. The van der Waals surface area contributed by atoms with Crippen LogP contribution in [0.25, 0.3) is 0 Å². The van der Waals surface area contributed by atoms with Crippen molar-refractivity contribution in [3.05, 3.63) is 0 Å². The lowest BCUT2D eigenvalue weighted by Crippen LogP contribution is -2.43. The van der Waals surface area contributed by atoms with E-state index in [1.165, 1.54) is 12.8 Å². The minimum absolute atomic E-state index is 0.367. The van der Waals surface area contributed by atoms with Gasteiger partial charge in [-0.15, -0.1) is 0 Å². The normalized spacial score (nSPS) is 40.4. The molecule has 2 aliphatic heterocycles. The summed E-state index contributed by atoms with van der Waals surface area (Å²) in [6, 6.07) is 0. The molecule has 2 heterocycles. The molecule has 13 heavy (non-hydrogen) atoms. The summed E-state index contributed by atoms with van der Waals surface area (Å²) in [5, 5.41) is 0. The van der Waals surface area contributed by atoms with Crippen LogP contribution in [0.4, 0.5) is 0 Å². The molecular formula is C11H20O2. The van der Waals surface area contributed by atoms with Gasteiger partial charge in [-0.3, -0.25) is 0 Å². The fraction of sp³-hybridized carbons (Fsp3) is 1.00. The zero-order valence-electron chi connectivity index (χ0n) is 8.71. The molecule has 0 bridgehead atoms. The lowest BCUT2D eigenvalue weighted by Gasteiger charge is -2.42. The standard InChI is InChI=1S/C11H20O2/c1-9(2)10-3-5-12-7-11(10)4-6-13-8-11/h9-10H,3-8H2,1-2H3. The van der Waals surface area contributed by atoms with E-state index in [1.807, 2.05) is 0 Å². The predicted octanol–water partition coefficient (Wildman–Crippen LogP) is 2.09. The second kappa shape index (κ2) is 3.58. The molecule has 0 saturated carbocycles. The molecule has 2 nitrogen and oxygen atoms in total. The number of hydrogen-bond acceptors (Lipinski definition) is 2. The Labute approximate surface area is 80.6 Å². The molecule has 0 aromatic carbocycles. The summed E-state index contributed by atoms with van der Waals surface area (Å²) in [6.45, 7) is 8.40. The van der Waals surface area contributed by atoms with Crippen molar-refractivity contribution in [3.8, 4) is 0 Å². The van der Waals surface area contributed by atoms with Gasteiger partial charge in [-0.1, -0.05) is 13.8 Å². The van der Waals surface area contributed by atoms with Gasteiger partial charge in [0.15, 0.2) is 0 Å². The Morgan fingerprint density at radius 1 is 1.15 bits per heavy atom. The first-order valence-corrected chi connectivity index (χ1v) is 5.40. The highest BCUT2D eigenvalue weighted by Gasteiger charge is 2.45. The minimum Gasteiger partial charge on any atom is -0.381 e. The van der Waals surface area contributed by atoms with Crippen LogP contribution in [0.15, 0.2) is 0 Å². The molecule has 1 spiro atoms. The first-order chi connectivity index (χ1) is 6.25. The van der Waals surface area contributed by atoms with Crippen LogP contribution in [-0.2, 0) is 9.47 Å². The van der Waals surface area contributed by atoms with Crippen LogP contribution in [0.2, 0.25) is 0 Å². The highest BCUT2D eigenvalue weighted by Crippen LogP contribution is 2.44. The average Bonchev–Trinajstić information content (AvgIpc) is 2.54. The average molecular weight is 184 g/mol. The molecule has 76 valence electrons. The molecule has 2 atom stereocenters. The van der Waals surface area contributed by atoms with Crippen LogP contribution in [0.5, 0.6) is 0 Å². The summed E-state index contributed by atoms with van der Waals surface area (Å²) in [4.78, 5) is 0. The van der Waals surface area contributed by atoms with Crippen molar-refractivity contribution in [2.45, 2.75) is 26.7 Å². The third-order valence-electron chi connectivity index (χ3n) is 3.69. The molecule has 0 radical (unpaired) electrons. The maximum absolute atomic E-state index is 5.61. The van der Waals surface area contributed by atoms with Gasteiger partial charge in [0.1, 0.15) is 0 Å². The highest BCUT2D eigenvalue weighted by molar-refractivity contribution is 4.93. The topological polar surface area (TPSA) is 18.5 Å². The summed E-state index contributed by atoms with van der Waals surface area (Å²) in [6.07, 6.45) is 2.43. The predicted molar refractivity (Wildman–Crippen MR) is 51.6 cm³/mol. The highest BCUT2D eigenvalue weighted by atomic mass is 16.5. The quantitative estimate of drug-likeness (QED) is 0.621. The number of hydrogen-bond donors (Lipinski definition) is 0. The molecule has 2 heteroatoms. The van der Waals surface area contributed by atoms with Crippen molar-refractivity contribution < 1.29 is 9.47 Å². The van der Waals surface area contributed by atoms with Gasteiger partial charge in [-0.2, -0.15) is 0 Å². The van der Waals surface area contributed by atoms with Crippen molar-refractivity contribution in [1.82, 2.24) is 0 Å². The first kappa shape index (κ1) is 9.47. The van der Waals surface area contributed by atoms with Crippen LogP contribution in [-0.4, -0.2) is 26.4 Å². The zero-order valence-corrected chi connectivity index (χ0v) is 8.71. The molecule has 0 N–H and O–H groups in total. The van der Waals surface area contributed by atoms with E-state index < -0.39 is 0 Å². The van der Waals surface area contributed by atoms with Gasteiger partial charge in [0, 0.05) is 18.6 Å². The molecule has 2 fully saturated rings. The molecule has 0 amide bonds. The summed E-state index contributed by atoms with van der Waals surface area (Å²) in [5.74, 6) is 1.58. The van der Waals surface area contributed by atoms with Crippen LogP contribution in [0.3, 0.4) is 0 Å². The third-order valence-corrected chi connectivity index (χ3v) is 3.69. The molecular weight excluding hydrogens is 164 g/mol. The first-order valence-electron chi connectivity index (χ1n) is 5.40. The monoisotopic (exact) mass is 184 g/mol. The molecule has 2 rings (SSSR count). The fourth-order valence-electron chi connectivity index (χ4n) is 2.97. The fourth-order valence-corrected chi connectivity index (χ4v) is 2.97. The van der Waals surface area contributed by atoms with E-state index in [4.69, 9.17) is 9.47 Å². The van der Waals surface area contributed by atoms with Crippen LogP contribution in [0, 0.1) is 17.3 Å². The summed E-state index contributed by atoms with van der Waals surface area (Å²) in [5.41, 5.74) is 0.367. The minimum atomic E-state index is 0.367. The molecule has 2 saturated heterocycles. The summed E-state index contributed by atoms with van der Waals surface area (Å²) >= 11 is 0. The third kappa shape index (κ3) is 1.62. The van der Waals surface area contributed by atoms with Gasteiger partial charge in [0.05, 0.1) is 13.2 Å².